The lowest BCUT2D eigenvalue weighted by Gasteiger charge is -2.41. The molecule has 1 aromatic carbocycles. The Morgan fingerprint density at radius 3 is 1.35 bits per heavy atom. The number of allylic oxidation sites excluding steroid dienone is 1. The van der Waals surface area contributed by atoms with Crippen molar-refractivity contribution in [1.29, 1.82) is 0 Å². The van der Waals surface area contributed by atoms with Gasteiger partial charge in [0.1, 0.15) is 5.75 Å². The molecule has 0 saturated carbocycles. The van der Waals surface area contributed by atoms with Gasteiger partial charge in [0.2, 0.25) is 5.83 Å². The second kappa shape index (κ2) is 9.07. The maximum Gasteiger partial charge on any atom is 0.460 e. The number of nitrogens with two attached hydrogens (primary N) is 2. The molecule has 0 unspecified atom stereocenters. The zero-order valence-electron chi connectivity index (χ0n) is 17.1. The number of anilines is 2. The highest BCUT2D eigenvalue weighted by Gasteiger charge is 2.93. The maximum absolute atomic E-state index is 13.8. The quantitative estimate of drug-likeness (QED) is 0.192. The van der Waals surface area contributed by atoms with Crippen LogP contribution in [0.2, 0.25) is 0 Å². The molecule has 4 nitrogen and oxygen atoms in total. The topological polar surface area (TPSA) is 70.5 Å². The van der Waals surface area contributed by atoms with Crippen molar-refractivity contribution >= 4 is 11.4 Å². The van der Waals surface area contributed by atoms with Crippen LogP contribution >= 0.6 is 0 Å². The van der Waals surface area contributed by atoms with Crippen molar-refractivity contribution in [3.8, 4) is 11.5 Å². The Bertz CT molecular complexity index is 1050. The highest BCUT2D eigenvalue weighted by atomic mass is 19.4. The van der Waals surface area contributed by atoms with Gasteiger partial charge in [0.15, 0.2) is 5.75 Å². The van der Waals surface area contributed by atoms with Crippen LogP contribution < -0.4 is 20.9 Å². The minimum absolute atomic E-state index is 0.329. The molecule has 0 aliphatic rings. The Balaban J connectivity index is 3.63. The molecule has 37 heavy (non-hydrogen) atoms. The molecule has 0 bridgehead atoms. The first-order valence-electron chi connectivity index (χ1n) is 8.47. The Hall–Kier alpha value is -3.03. The largest absolute Gasteiger partial charge is 0.495 e. The summed E-state index contributed by atoms with van der Waals surface area (Å²) in [5.74, 6) is -56.2. The van der Waals surface area contributed by atoms with Crippen LogP contribution in [0.5, 0.6) is 11.5 Å². The summed E-state index contributed by atoms with van der Waals surface area (Å²) in [4.78, 5) is 0. The van der Waals surface area contributed by atoms with Gasteiger partial charge in [-0.3, -0.25) is 0 Å². The molecule has 0 radical (unpaired) electrons. The van der Waals surface area contributed by atoms with E-state index in [1.807, 2.05) is 0 Å². The lowest BCUT2D eigenvalue weighted by Crippen LogP contribution is -2.72. The van der Waals surface area contributed by atoms with Crippen molar-refractivity contribution in [3.63, 3.8) is 0 Å². The normalized spacial score (nSPS) is 15.4. The molecule has 21 heteroatoms. The number of alkyl halides is 15. The van der Waals surface area contributed by atoms with Gasteiger partial charge in [-0.05, 0) is 0 Å². The monoisotopic (exact) mass is 584 g/mol. The molecule has 0 atom stereocenters. The van der Waals surface area contributed by atoms with E-state index >= 15 is 0 Å². The fourth-order valence-corrected chi connectivity index (χ4v) is 2.23. The minimum Gasteiger partial charge on any atom is -0.495 e. The molecule has 0 fully saturated rings. The molecule has 0 spiro atoms. The lowest BCUT2D eigenvalue weighted by molar-refractivity contribution is -0.451. The molecule has 1 aromatic rings. The highest BCUT2D eigenvalue weighted by Crippen LogP contribution is 2.63. The van der Waals surface area contributed by atoms with Gasteiger partial charge in [0, 0.05) is 12.1 Å². The summed E-state index contributed by atoms with van der Waals surface area (Å²) in [5.41, 5.74) is 8.97. The number of methoxy groups -OCH3 is 1. The second-order valence-corrected chi connectivity index (χ2v) is 6.77. The van der Waals surface area contributed by atoms with Crippen molar-refractivity contribution in [2.45, 2.75) is 41.7 Å². The first kappa shape index (κ1) is 32.0. The summed E-state index contributed by atoms with van der Waals surface area (Å²) < 4.78 is 232. The van der Waals surface area contributed by atoms with E-state index in [4.69, 9.17) is 11.5 Å². The molecule has 0 saturated heterocycles. The van der Waals surface area contributed by atoms with E-state index in [2.05, 4.69) is 9.47 Å². The van der Waals surface area contributed by atoms with E-state index in [0.717, 1.165) is 7.11 Å². The smallest absolute Gasteiger partial charge is 0.460 e. The van der Waals surface area contributed by atoms with Crippen molar-refractivity contribution in [1.82, 2.24) is 0 Å². The number of nitrogen functional groups attached to an aromatic ring is 2. The molecular formula is C16H9F17N2O2. The summed E-state index contributed by atoms with van der Waals surface area (Å²) in [6, 6.07) is -2.67. The van der Waals surface area contributed by atoms with E-state index in [9.17, 15) is 74.6 Å². The average Bonchev–Trinajstić information content (AvgIpc) is 2.73. The zero-order valence-corrected chi connectivity index (χ0v) is 17.1. The predicted octanol–water partition coefficient (Wildman–Crippen LogP) is 6.72. The molecule has 0 amide bonds. The number of ether oxygens (including phenoxy) is 2. The van der Waals surface area contributed by atoms with Crippen molar-refractivity contribution in [2.24, 2.45) is 0 Å². The van der Waals surface area contributed by atoms with Gasteiger partial charge in [0.05, 0.1) is 18.5 Å². The number of halogens is 17. The van der Waals surface area contributed by atoms with Crippen molar-refractivity contribution in [2.75, 3.05) is 18.6 Å². The standard InChI is InChI=1S/C16H9F17N2O2/c1-36-6-2-5(35)7(3-4(6)34)37-9(18)8(17)10(19,20)11(21,22)12(23,24)13(25,26)14(27,28)15(29,30)16(31,32)33/h2-3H,34-35H2,1H3. The van der Waals surface area contributed by atoms with E-state index in [-0.39, 0.29) is 5.75 Å². The molecule has 1 rings (SSSR count). The summed E-state index contributed by atoms with van der Waals surface area (Å²) in [6.07, 6.45) is -7.81. The fourth-order valence-electron chi connectivity index (χ4n) is 2.23. The van der Waals surface area contributed by atoms with E-state index in [1.165, 1.54) is 0 Å². The van der Waals surface area contributed by atoms with Crippen molar-refractivity contribution < 1.29 is 84.1 Å². The summed E-state index contributed by atoms with van der Waals surface area (Å²) in [7, 11) is 0.971. The minimum atomic E-state index is -8.67. The zero-order chi connectivity index (χ0) is 29.8. The number of rotatable bonds is 9. The Labute approximate surface area is 192 Å². The number of hydrogen-bond acceptors (Lipinski definition) is 4. The SMILES string of the molecule is COc1cc(N)c(OC(F)=C(F)C(F)(F)C(F)(F)C(F)(F)C(F)(F)C(F)(F)C(F)(F)C(F)(F)F)cc1N. The van der Waals surface area contributed by atoms with E-state index in [1.54, 1.807) is 0 Å². The lowest BCUT2D eigenvalue weighted by atomic mass is 9.91. The highest BCUT2D eigenvalue weighted by molar-refractivity contribution is 5.67. The van der Waals surface area contributed by atoms with Crippen LogP contribution in [0.15, 0.2) is 24.0 Å². The summed E-state index contributed by atoms with van der Waals surface area (Å²) >= 11 is 0. The van der Waals surface area contributed by atoms with Crippen LogP contribution in [-0.2, 0) is 0 Å². The molecule has 0 aliphatic heterocycles. The van der Waals surface area contributed by atoms with E-state index in [0.29, 0.717) is 12.1 Å². The Kier molecular flexibility index (Phi) is 7.84. The van der Waals surface area contributed by atoms with Crippen LogP contribution in [0.25, 0.3) is 0 Å². The van der Waals surface area contributed by atoms with Crippen LogP contribution in [0.1, 0.15) is 0 Å². The first-order valence-corrected chi connectivity index (χ1v) is 8.47. The van der Waals surface area contributed by atoms with Gasteiger partial charge >= 0.3 is 47.7 Å². The van der Waals surface area contributed by atoms with Gasteiger partial charge in [-0.15, -0.1) is 0 Å². The second-order valence-electron chi connectivity index (χ2n) is 6.77. The van der Waals surface area contributed by atoms with Gasteiger partial charge in [0.25, 0.3) is 0 Å². The predicted molar refractivity (Wildman–Crippen MR) is 87.4 cm³/mol. The molecule has 0 heterocycles. The van der Waals surface area contributed by atoms with E-state index < -0.39 is 70.7 Å². The third-order valence-corrected chi connectivity index (χ3v) is 4.34. The molecule has 214 valence electrons. The average molecular weight is 584 g/mol. The Morgan fingerprint density at radius 1 is 0.595 bits per heavy atom. The van der Waals surface area contributed by atoms with Crippen LogP contribution in [0.3, 0.4) is 0 Å². The van der Waals surface area contributed by atoms with Gasteiger partial charge in [-0.25, -0.2) is 0 Å². The molecular weight excluding hydrogens is 575 g/mol. The fraction of sp³-hybridized carbons (Fsp3) is 0.500. The molecule has 4 N–H and O–H groups in total. The van der Waals surface area contributed by atoms with Gasteiger partial charge in [-0.1, -0.05) is 0 Å². The Morgan fingerprint density at radius 2 is 0.946 bits per heavy atom. The number of hydrogen-bond donors (Lipinski definition) is 2. The van der Waals surface area contributed by atoms with Gasteiger partial charge in [-0.2, -0.15) is 74.6 Å². The third kappa shape index (κ3) is 4.59. The van der Waals surface area contributed by atoms with Crippen LogP contribution in [-0.4, -0.2) is 48.8 Å². The summed E-state index contributed by atoms with van der Waals surface area (Å²) in [6.45, 7) is 0. The van der Waals surface area contributed by atoms with Crippen molar-refractivity contribution in [3.05, 3.63) is 24.0 Å². The first-order chi connectivity index (χ1) is 16.2. The summed E-state index contributed by atoms with van der Waals surface area (Å²) in [5, 5.41) is 0. The van der Waals surface area contributed by atoms with Gasteiger partial charge < -0.3 is 20.9 Å². The van der Waals surface area contributed by atoms with Crippen LogP contribution in [0, 0.1) is 0 Å². The third-order valence-electron chi connectivity index (χ3n) is 4.34. The van der Waals surface area contributed by atoms with Crippen LogP contribution in [0.4, 0.5) is 86.0 Å². The molecule has 0 aromatic heterocycles. The number of benzene rings is 1. The maximum atomic E-state index is 13.8. The molecule has 0 aliphatic carbocycles.